The van der Waals surface area contributed by atoms with Crippen molar-refractivity contribution in [2.75, 3.05) is 24.8 Å². The van der Waals surface area contributed by atoms with Gasteiger partial charge in [0, 0.05) is 28.8 Å². The first-order chi connectivity index (χ1) is 11.4. The van der Waals surface area contributed by atoms with E-state index in [-0.39, 0.29) is 24.0 Å². The number of nitrogens with zero attached hydrogens (tertiary/aromatic N) is 1. The van der Waals surface area contributed by atoms with E-state index in [0.717, 1.165) is 10.5 Å². The summed E-state index contributed by atoms with van der Waals surface area (Å²) in [6.07, 6.45) is 0.425. The normalized spacial score (nSPS) is 21.2. The molecule has 1 aromatic rings. The number of ether oxygens (including phenoxy) is 2. The van der Waals surface area contributed by atoms with E-state index in [2.05, 4.69) is 10.3 Å². The summed E-state index contributed by atoms with van der Waals surface area (Å²) in [6.45, 7) is 3.75. The molecule has 2 N–H and O–H groups in total. The molecule has 7 nitrogen and oxygen atoms in total. The van der Waals surface area contributed by atoms with Crippen LogP contribution >= 0.6 is 11.8 Å². The summed E-state index contributed by atoms with van der Waals surface area (Å²) in [4.78, 5) is 28.9. The fourth-order valence-electron chi connectivity index (χ4n) is 2.89. The molecule has 0 saturated carbocycles. The molecule has 0 saturated heterocycles. The first-order valence-electron chi connectivity index (χ1n) is 7.52. The largest absolute Gasteiger partial charge is 0.506 e. The Hall–Kier alpha value is -2.22. The number of fused-ring (bicyclic) bond motifs is 3. The van der Waals surface area contributed by atoms with E-state index >= 15 is 0 Å². The van der Waals surface area contributed by atoms with Gasteiger partial charge in [-0.05, 0) is 19.4 Å². The van der Waals surface area contributed by atoms with E-state index in [9.17, 15) is 14.7 Å². The highest BCUT2D eigenvalue weighted by Gasteiger charge is 2.43. The van der Waals surface area contributed by atoms with Crippen molar-refractivity contribution in [3.63, 3.8) is 0 Å². The number of carbonyl (C=O) groups excluding carboxylic acids is 2. The molecule has 1 aromatic carbocycles. The molecule has 0 fully saturated rings. The number of aliphatic imine (C=N–C) groups is 1. The van der Waals surface area contributed by atoms with Gasteiger partial charge in [0.1, 0.15) is 22.7 Å². The number of phenols is 1. The summed E-state index contributed by atoms with van der Waals surface area (Å²) in [5.41, 5.74) is 1.31. The van der Waals surface area contributed by atoms with Crippen LogP contribution in [0.5, 0.6) is 5.75 Å². The number of aromatic hydroxyl groups is 1. The lowest BCUT2D eigenvalue weighted by Crippen LogP contribution is -2.42. The second kappa shape index (κ2) is 6.01. The number of hydrogen-bond donors (Lipinski definition) is 2. The third-order valence-corrected chi connectivity index (χ3v) is 5.17. The topological polar surface area (TPSA) is 97.2 Å². The van der Waals surface area contributed by atoms with Crippen molar-refractivity contribution in [1.82, 2.24) is 0 Å². The smallest absolute Gasteiger partial charge is 0.353 e. The van der Waals surface area contributed by atoms with Gasteiger partial charge in [0.2, 0.25) is 0 Å². The van der Waals surface area contributed by atoms with Crippen molar-refractivity contribution in [2.45, 2.75) is 30.7 Å². The van der Waals surface area contributed by atoms with E-state index in [0.29, 0.717) is 23.5 Å². The molecular formula is C16H18N2O5S. The summed E-state index contributed by atoms with van der Waals surface area (Å²) >= 11 is 1.41. The number of nitrogens with one attached hydrogen (secondary N) is 1. The van der Waals surface area contributed by atoms with Crippen molar-refractivity contribution >= 4 is 40.8 Å². The van der Waals surface area contributed by atoms with Crippen LogP contribution in [0.15, 0.2) is 16.0 Å². The average molecular weight is 350 g/mol. The third kappa shape index (κ3) is 2.60. The Bertz CT molecular complexity index is 761. The van der Waals surface area contributed by atoms with Crippen LogP contribution in [0, 0.1) is 0 Å². The van der Waals surface area contributed by atoms with Gasteiger partial charge in [0.25, 0.3) is 0 Å². The summed E-state index contributed by atoms with van der Waals surface area (Å²) in [6, 6.07) is 1.53. The highest BCUT2D eigenvalue weighted by Crippen LogP contribution is 2.50. The summed E-state index contributed by atoms with van der Waals surface area (Å²) in [7, 11) is 1.34. The molecule has 0 spiro atoms. The van der Waals surface area contributed by atoms with Crippen LogP contribution in [0.1, 0.15) is 19.4 Å². The minimum absolute atomic E-state index is 0.0423. The van der Waals surface area contributed by atoms with E-state index in [1.165, 1.54) is 24.9 Å². The SMILES string of the molecule is CCOC(=O)C1=Nc2c(O)cc3c(c2SC1)CC(C)(C(=O)OC)N3. The predicted octanol–water partition coefficient (Wildman–Crippen LogP) is 2.03. The van der Waals surface area contributed by atoms with Crippen LogP contribution in [-0.4, -0.2) is 47.8 Å². The molecular weight excluding hydrogens is 332 g/mol. The lowest BCUT2D eigenvalue weighted by molar-refractivity contribution is -0.145. The van der Waals surface area contributed by atoms with Gasteiger partial charge in [-0.3, -0.25) is 0 Å². The average Bonchev–Trinajstić information content (AvgIpc) is 2.91. The highest BCUT2D eigenvalue weighted by molar-refractivity contribution is 8.00. The zero-order chi connectivity index (χ0) is 17.5. The fraction of sp³-hybridized carbons (Fsp3) is 0.438. The zero-order valence-electron chi connectivity index (χ0n) is 13.6. The summed E-state index contributed by atoms with van der Waals surface area (Å²) in [5, 5.41) is 13.4. The van der Waals surface area contributed by atoms with Gasteiger partial charge in [0.05, 0.1) is 13.7 Å². The fourth-order valence-corrected chi connectivity index (χ4v) is 4.00. The molecule has 0 radical (unpaired) electrons. The third-order valence-electron chi connectivity index (χ3n) is 4.03. The molecule has 0 amide bonds. The second-order valence-electron chi connectivity index (χ2n) is 5.79. The predicted molar refractivity (Wildman–Crippen MR) is 90.3 cm³/mol. The van der Waals surface area contributed by atoms with E-state index in [4.69, 9.17) is 9.47 Å². The van der Waals surface area contributed by atoms with Gasteiger partial charge < -0.3 is 19.9 Å². The zero-order valence-corrected chi connectivity index (χ0v) is 14.5. The van der Waals surface area contributed by atoms with Gasteiger partial charge in [-0.15, -0.1) is 11.8 Å². The molecule has 0 aliphatic carbocycles. The molecule has 2 heterocycles. The molecule has 24 heavy (non-hydrogen) atoms. The molecule has 128 valence electrons. The maximum atomic E-state index is 12.0. The van der Waals surface area contributed by atoms with Gasteiger partial charge >= 0.3 is 11.9 Å². The summed E-state index contributed by atoms with van der Waals surface area (Å²) < 4.78 is 9.83. The first-order valence-corrected chi connectivity index (χ1v) is 8.51. The molecule has 3 rings (SSSR count). The van der Waals surface area contributed by atoms with Crippen LogP contribution in [0.4, 0.5) is 11.4 Å². The Kier molecular flexibility index (Phi) is 4.16. The Morgan fingerprint density at radius 2 is 2.25 bits per heavy atom. The lowest BCUT2D eigenvalue weighted by atomic mass is 9.97. The monoisotopic (exact) mass is 350 g/mol. The Balaban J connectivity index is 2.01. The van der Waals surface area contributed by atoms with Crippen molar-refractivity contribution < 1.29 is 24.2 Å². The lowest BCUT2D eigenvalue weighted by Gasteiger charge is -2.21. The first kappa shape index (κ1) is 16.6. The number of methoxy groups -OCH3 is 1. The van der Waals surface area contributed by atoms with Crippen LogP contribution in [-0.2, 0) is 25.5 Å². The number of anilines is 1. The maximum Gasteiger partial charge on any atom is 0.353 e. The van der Waals surface area contributed by atoms with Crippen LogP contribution in [0.3, 0.4) is 0 Å². The quantitative estimate of drug-likeness (QED) is 0.805. The Morgan fingerprint density at radius 3 is 2.92 bits per heavy atom. The van der Waals surface area contributed by atoms with E-state index in [1.54, 1.807) is 13.8 Å². The van der Waals surface area contributed by atoms with Gasteiger partial charge in [-0.2, -0.15) is 0 Å². The van der Waals surface area contributed by atoms with Crippen molar-refractivity contribution in [3.8, 4) is 5.75 Å². The molecule has 2 aliphatic heterocycles. The van der Waals surface area contributed by atoms with E-state index < -0.39 is 11.5 Å². The molecule has 0 bridgehead atoms. The number of benzene rings is 1. The van der Waals surface area contributed by atoms with Crippen molar-refractivity contribution in [1.29, 1.82) is 0 Å². The van der Waals surface area contributed by atoms with Crippen LogP contribution in [0.2, 0.25) is 0 Å². The highest BCUT2D eigenvalue weighted by atomic mass is 32.2. The number of thioether (sulfide) groups is 1. The number of esters is 2. The minimum Gasteiger partial charge on any atom is -0.506 e. The minimum atomic E-state index is -0.885. The summed E-state index contributed by atoms with van der Waals surface area (Å²) in [5.74, 6) is -0.535. The second-order valence-corrected chi connectivity index (χ2v) is 6.78. The van der Waals surface area contributed by atoms with E-state index in [1.807, 2.05) is 0 Å². The van der Waals surface area contributed by atoms with Crippen molar-refractivity contribution in [2.24, 2.45) is 4.99 Å². The molecule has 1 unspecified atom stereocenters. The molecule has 0 aromatic heterocycles. The number of carbonyl (C=O) groups is 2. The van der Waals surface area contributed by atoms with Gasteiger partial charge in [-0.25, -0.2) is 14.6 Å². The van der Waals surface area contributed by atoms with Crippen LogP contribution in [0.25, 0.3) is 0 Å². The number of hydrogen-bond acceptors (Lipinski definition) is 8. The van der Waals surface area contributed by atoms with Crippen LogP contribution < -0.4 is 5.32 Å². The Labute approximate surface area is 143 Å². The van der Waals surface area contributed by atoms with Gasteiger partial charge in [0.15, 0.2) is 0 Å². The molecule has 8 heteroatoms. The Morgan fingerprint density at radius 1 is 1.50 bits per heavy atom. The van der Waals surface area contributed by atoms with Crippen molar-refractivity contribution in [3.05, 3.63) is 11.6 Å². The molecule has 2 aliphatic rings. The molecule has 1 atom stereocenters. The maximum absolute atomic E-state index is 12.0. The number of phenolic OH excluding ortho intramolecular Hbond substituents is 1. The standard InChI is InChI=1S/C16H18N2O5S/c1-4-23-14(20)10-7-24-13-8-6-16(2,15(21)22-3)18-9(8)5-11(19)12(13)17-10/h5,18-19H,4,6-7H2,1-3H3. The number of rotatable bonds is 3. The van der Waals surface area contributed by atoms with Gasteiger partial charge in [-0.1, -0.05) is 0 Å².